The van der Waals surface area contributed by atoms with Crippen molar-refractivity contribution in [1.29, 1.82) is 0 Å². The summed E-state index contributed by atoms with van der Waals surface area (Å²) in [5.41, 5.74) is 3.64. The van der Waals surface area contributed by atoms with Crippen LogP contribution in [0.3, 0.4) is 0 Å². The lowest BCUT2D eigenvalue weighted by atomic mass is 10.2. The molecular weight excluding hydrogens is 488 g/mol. The van der Waals surface area contributed by atoms with Gasteiger partial charge in [0.25, 0.3) is 11.6 Å². The summed E-state index contributed by atoms with van der Waals surface area (Å²) >= 11 is 5.84. The van der Waals surface area contributed by atoms with E-state index in [1.165, 1.54) is 43.3 Å². The molecule has 0 atom stereocenters. The van der Waals surface area contributed by atoms with Gasteiger partial charge in [-0.25, -0.2) is 10.2 Å². The number of rotatable bonds is 8. The first kappa shape index (κ1) is 25.8. The van der Waals surface area contributed by atoms with E-state index in [4.69, 9.17) is 16.3 Å². The molecule has 0 fully saturated rings. The maximum Gasteiger partial charge on any atom is 0.336 e. The number of nitro groups is 1. The van der Waals surface area contributed by atoms with E-state index in [0.717, 1.165) is 17.8 Å². The number of ether oxygens (including phenoxy) is 1. The molecule has 0 aliphatic heterocycles. The van der Waals surface area contributed by atoms with Crippen molar-refractivity contribution in [3.05, 3.63) is 105 Å². The van der Waals surface area contributed by atoms with E-state index in [-0.39, 0.29) is 28.5 Å². The minimum atomic E-state index is -0.725. The minimum Gasteiger partial charge on any atom is -0.423 e. The molecule has 0 aliphatic carbocycles. The highest BCUT2D eigenvalue weighted by Crippen LogP contribution is 2.23. The second kappa shape index (κ2) is 12.0. The van der Waals surface area contributed by atoms with Gasteiger partial charge < -0.3 is 10.1 Å². The summed E-state index contributed by atoms with van der Waals surface area (Å²) < 4.78 is 5.30. The van der Waals surface area contributed by atoms with Gasteiger partial charge in [-0.05, 0) is 54.1 Å². The number of hydrogen-bond acceptors (Lipinski definition) is 7. The molecule has 0 saturated carbocycles. The summed E-state index contributed by atoms with van der Waals surface area (Å²) in [7, 11) is 0. The number of carbonyl (C=O) groups excluding carboxylic acids is 3. The summed E-state index contributed by atoms with van der Waals surface area (Å²) in [5.74, 6) is -1.53. The molecule has 0 saturated heterocycles. The van der Waals surface area contributed by atoms with Crippen molar-refractivity contribution >= 4 is 53.0 Å². The van der Waals surface area contributed by atoms with Gasteiger partial charge in [0, 0.05) is 47.0 Å². The van der Waals surface area contributed by atoms with Gasteiger partial charge in [0.2, 0.25) is 5.91 Å². The second-order valence-electron chi connectivity index (χ2n) is 7.24. The molecule has 36 heavy (non-hydrogen) atoms. The van der Waals surface area contributed by atoms with Crippen molar-refractivity contribution in [1.82, 2.24) is 5.43 Å². The van der Waals surface area contributed by atoms with Crippen LogP contribution in [0.15, 0.2) is 77.9 Å². The first-order chi connectivity index (χ1) is 17.2. The van der Waals surface area contributed by atoms with Crippen LogP contribution in [0.4, 0.5) is 11.4 Å². The summed E-state index contributed by atoms with van der Waals surface area (Å²) in [6.45, 7) is 1.37. The van der Waals surface area contributed by atoms with Gasteiger partial charge in [-0.3, -0.25) is 19.7 Å². The predicted octanol–water partition coefficient (Wildman–Crippen LogP) is 4.59. The molecule has 0 unspecified atom stereocenters. The minimum absolute atomic E-state index is 0.00372. The zero-order chi connectivity index (χ0) is 26.1. The van der Waals surface area contributed by atoms with Crippen molar-refractivity contribution in [2.24, 2.45) is 5.10 Å². The smallest absolute Gasteiger partial charge is 0.336 e. The van der Waals surface area contributed by atoms with Gasteiger partial charge in [0.15, 0.2) is 0 Å². The van der Waals surface area contributed by atoms with Gasteiger partial charge in [0.1, 0.15) is 5.75 Å². The molecule has 0 spiro atoms. The second-order valence-corrected chi connectivity index (χ2v) is 7.68. The first-order valence-corrected chi connectivity index (χ1v) is 10.7. The Morgan fingerprint density at radius 2 is 1.72 bits per heavy atom. The molecule has 2 N–H and O–H groups in total. The van der Waals surface area contributed by atoms with Crippen LogP contribution in [0, 0.1) is 10.1 Å². The van der Waals surface area contributed by atoms with Crippen molar-refractivity contribution in [2.45, 2.75) is 6.92 Å². The van der Waals surface area contributed by atoms with Crippen molar-refractivity contribution in [2.75, 3.05) is 5.32 Å². The van der Waals surface area contributed by atoms with Crippen LogP contribution in [-0.2, 0) is 9.59 Å². The maximum absolute atomic E-state index is 12.3. The summed E-state index contributed by atoms with van der Waals surface area (Å²) in [4.78, 5) is 46.2. The fourth-order valence-electron chi connectivity index (χ4n) is 2.86. The number of nitrogens with one attached hydrogen (secondary N) is 2. The molecule has 182 valence electrons. The van der Waals surface area contributed by atoms with Gasteiger partial charge in [0.05, 0.1) is 11.1 Å². The molecule has 3 aromatic rings. The number of carbonyl (C=O) groups is 3. The zero-order valence-electron chi connectivity index (χ0n) is 18.8. The lowest BCUT2D eigenvalue weighted by molar-refractivity contribution is -0.384. The van der Waals surface area contributed by atoms with Crippen molar-refractivity contribution < 1.29 is 24.0 Å². The molecule has 10 nitrogen and oxygen atoms in total. The van der Waals surface area contributed by atoms with Crippen LogP contribution in [-0.4, -0.2) is 28.9 Å². The Hall–Kier alpha value is -4.83. The quantitative estimate of drug-likeness (QED) is 0.114. The average molecular weight is 507 g/mol. The molecule has 3 rings (SSSR count). The molecule has 3 aromatic carbocycles. The van der Waals surface area contributed by atoms with E-state index in [1.807, 2.05) is 0 Å². The van der Waals surface area contributed by atoms with Crippen LogP contribution in [0.2, 0.25) is 5.02 Å². The third-order valence-electron chi connectivity index (χ3n) is 4.53. The van der Waals surface area contributed by atoms with Crippen LogP contribution in [0.1, 0.15) is 28.4 Å². The Balaban J connectivity index is 1.71. The largest absolute Gasteiger partial charge is 0.423 e. The van der Waals surface area contributed by atoms with Gasteiger partial charge in [-0.2, -0.15) is 5.10 Å². The number of benzene rings is 3. The standard InChI is InChI=1S/C25H19ClN4O6/c1-16(31)28-21-9-5-18(6-10-21)25(33)29-27-15-19-14-22(30(34)35)11-12-23(19)36-24(32)13-4-17-2-7-20(26)8-3-17/h2-15H,1H3,(H,28,31)(H,29,33)/b13-4+,27-15+. The number of anilines is 1. The van der Waals surface area contributed by atoms with E-state index < -0.39 is 16.8 Å². The molecule has 0 heterocycles. The Bertz CT molecular complexity index is 1350. The average Bonchev–Trinajstić information content (AvgIpc) is 2.84. The lowest BCUT2D eigenvalue weighted by Crippen LogP contribution is -2.17. The molecule has 0 aliphatic rings. The molecule has 0 bridgehead atoms. The number of hydrogen-bond donors (Lipinski definition) is 2. The summed E-state index contributed by atoms with van der Waals surface area (Å²) in [6, 6.07) is 16.4. The molecule has 0 aromatic heterocycles. The highest BCUT2D eigenvalue weighted by Gasteiger charge is 2.13. The van der Waals surface area contributed by atoms with E-state index in [1.54, 1.807) is 36.4 Å². The number of esters is 1. The molecular formula is C25H19ClN4O6. The van der Waals surface area contributed by atoms with Gasteiger partial charge in [-0.15, -0.1) is 0 Å². The SMILES string of the molecule is CC(=O)Nc1ccc(C(=O)N/N=C/c2cc([N+](=O)[O-])ccc2OC(=O)/C=C/c2ccc(Cl)cc2)cc1. The van der Waals surface area contributed by atoms with Gasteiger partial charge >= 0.3 is 5.97 Å². The normalized spacial score (nSPS) is 10.8. The molecule has 0 radical (unpaired) electrons. The number of nitro benzene ring substituents is 1. The van der Waals surface area contributed by atoms with E-state index in [2.05, 4.69) is 15.8 Å². The number of nitrogens with zero attached hydrogens (tertiary/aromatic N) is 2. The Kier molecular flexibility index (Phi) is 8.63. The first-order valence-electron chi connectivity index (χ1n) is 10.4. The highest BCUT2D eigenvalue weighted by molar-refractivity contribution is 6.30. The number of amides is 2. The Morgan fingerprint density at radius 1 is 1.03 bits per heavy atom. The van der Waals surface area contributed by atoms with Crippen LogP contribution in [0.25, 0.3) is 6.08 Å². The molecule has 11 heteroatoms. The van der Waals surface area contributed by atoms with E-state index in [9.17, 15) is 24.5 Å². The van der Waals surface area contributed by atoms with E-state index in [0.29, 0.717) is 10.7 Å². The van der Waals surface area contributed by atoms with Crippen LogP contribution in [0.5, 0.6) is 5.75 Å². The third-order valence-corrected chi connectivity index (χ3v) is 4.79. The maximum atomic E-state index is 12.3. The summed E-state index contributed by atoms with van der Waals surface area (Å²) in [5, 5.41) is 18.1. The molecule has 2 amide bonds. The van der Waals surface area contributed by atoms with Gasteiger partial charge in [-0.1, -0.05) is 23.7 Å². The Labute approximate surface area is 210 Å². The van der Waals surface area contributed by atoms with Crippen LogP contribution >= 0.6 is 11.6 Å². The Morgan fingerprint density at radius 3 is 2.36 bits per heavy atom. The monoisotopic (exact) mass is 506 g/mol. The van der Waals surface area contributed by atoms with Crippen LogP contribution < -0.4 is 15.5 Å². The number of halogens is 1. The summed E-state index contributed by atoms with van der Waals surface area (Å²) in [6.07, 6.45) is 3.84. The number of hydrazone groups is 1. The fourth-order valence-corrected chi connectivity index (χ4v) is 2.98. The lowest BCUT2D eigenvalue weighted by Gasteiger charge is -2.06. The fraction of sp³-hybridized carbons (Fsp3) is 0.0400. The topological polar surface area (TPSA) is 140 Å². The zero-order valence-corrected chi connectivity index (χ0v) is 19.6. The predicted molar refractivity (Wildman–Crippen MR) is 135 cm³/mol. The van der Waals surface area contributed by atoms with Crippen molar-refractivity contribution in [3.63, 3.8) is 0 Å². The van der Waals surface area contributed by atoms with Crippen molar-refractivity contribution in [3.8, 4) is 5.75 Å². The third kappa shape index (κ3) is 7.61. The number of non-ortho nitro benzene ring substituents is 1. The van der Waals surface area contributed by atoms with E-state index >= 15 is 0 Å². The highest BCUT2D eigenvalue weighted by atomic mass is 35.5.